The average molecular weight is 292 g/mol. The van der Waals surface area contributed by atoms with Crippen LogP contribution in [0.1, 0.15) is 41.0 Å². The quantitative estimate of drug-likeness (QED) is 0.835. The third-order valence-electron chi connectivity index (χ3n) is 3.11. The van der Waals surface area contributed by atoms with Gasteiger partial charge in [-0.15, -0.1) is 0 Å². The van der Waals surface area contributed by atoms with Crippen LogP contribution in [-0.4, -0.2) is 48.6 Å². The highest BCUT2D eigenvalue weighted by Crippen LogP contribution is 2.09. The van der Waals surface area contributed by atoms with Gasteiger partial charge < -0.3 is 15.3 Å². The predicted octanol–water partition coefficient (Wildman–Crippen LogP) is 1.53. The van der Waals surface area contributed by atoms with E-state index in [1.807, 2.05) is 13.8 Å². The smallest absolute Gasteiger partial charge is 0.253 e. The van der Waals surface area contributed by atoms with Crippen LogP contribution in [0, 0.1) is 5.92 Å². The molecule has 0 saturated carbocycles. The van der Waals surface area contributed by atoms with Gasteiger partial charge in [-0.2, -0.15) is 0 Å². The number of amides is 2. The van der Waals surface area contributed by atoms with E-state index in [4.69, 9.17) is 0 Å². The SMILES string of the molecule is CC(C)CC(CO)NC(=O)c1ccc(C(=O)N(C)C)cc1. The maximum Gasteiger partial charge on any atom is 0.253 e. The van der Waals surface area contributed by atoms with Crippen LogP contribution in [0.2, 0.25) is 0 Å². The first-order valence-corrected chi connectivity index (χ1v) is 7.08. The minimum Gasteiger partial charge on any atom is -0.394 e. The molecule has 21 heavy (non-hydrogen) atoms. The highest BCUT2D eigenvalue weighted by molar-refractivity contribution is 5.97. The van der Waals surface area contributed by atoms with Crippen LogP contribution in [0.3, 0.4) is 0 Å². The van der Waals surface area contributed by atoms with E-state index in [1.165, 1.54) is 4.90 Å². The van der Waals surface area contributed by atoms with E-state index in [2.05, 4.69) is 5.32 Å². The van der Waals surface area contributed by atoms with Crippen molar-refractivity contribution >= 4 is 11.8 Å². The Labute approximate surface area is 126 Å². The zero-order valence-corrected chi connectivity index (χ0v) is 13.1. The van der Waals surface area contributed by atoms with Crippen molar-refractivity contribution in [3.63, 3.8) is 0 Å². The third-order valence-corrected chi connectivity index (χ3v) is 3.11. The molecule has 0 heterocycles. The molecule has 5 nitrogen and oxygen atoms in total. The molecule has 0 saturated heterocycles. The maximum atomic E-state index is 12.1. The fraction of sp³-hybridized carbons (Fsp3) is 0.500. The molecule has 0 aliphatic carbocycles. The molecule has 0 aliphatic rings. The van der Waals surface area contributed by atoms with Gasteiger partial charge in [0.05, 0.1) is 12.6 Å². The molecule has 0 aliphatic heterocycles. The van der Waals surface area contributed by atoms with Crippen LogP contribution in [0.15, 0.2) is 24.3 Å². The van der Waals surface area contributed by atoms with Crippen molar-refractivity contribution in [2.24, 2.45) is 5.92 Å². The summed E-state index contributed by atoms with van der Waals surface area (Å²) in [7, 11) is 3.36. The van der Waals surface area contributed by atoms with Gasteiger partial charge in [0.15, 0.2) is 0 Å². The summed E-state index contributed by atoms with van der Waals surface area (Å²) < 4.78 is 0. The van der Waals surface area contributed by atoms with Crippen molar-refractivity contribution in [1.29, 1.82) is 0 Å². The first-order chi connectivity index (χ1) is 9.85. The number of hydrogen-bond acceptors (Lipinski definition) is 3. The second kappa shape index (κ2) is 7.78. The lowest BCUT2D eigenvalue weighted by atomic mass is 10.0. The Bertz CT molecular complexity index is 481. The minimum atomic E-state index is -0.249. The number of rotatable bonds is 6. The maximum absolute atomic E-state index is 12.1. The topological polar surface area (TPSA) is 69.6 Å². The van der Waals surface area contributed by atoms with E-state index < -0.39 is 0 Å². The zero-order chi connectivity index (χ0) is 16.0. The summed E-state index contributed by atoms with van der Waals surface area (Å²) in [6.45, 7) is 3.99. The van der Waals surface area contributed by atoms with Gasteiger partial charge in [0.2, 0.25) is 0 Å². The Kier molecular flexibility index (Phi) is 6.37. The number of nitrogens with one attached hydrogen (secondary N) is 1. The molecule has 2 N–H and O–H groups in total. The van der Waals surface area contributed by atoms with Gasteiger partial charge in [-0.1, -0.05) is 13.8 Å². The molecule has 2 amide bonds. The summed E-state index contributed by atoms with van der Waals surface area (Å²) in [4.78, 5) is 25.3. The Morgan fingerprint density at radius 3 is 2.10 bits per heavy atom. The van der Waals surface area contributed by atoms with Crippen LogP contribution < -0.4 is 5.32 Å². The summed E-state index contributed by atoms with van der Waals surface area (Å²) in [6.07, 6.45) is 0.722. The van der Waals surface area contributed by atoms with Crippen molar-refractivity contribution in [3.05, 3.63) is 35.4 Å². The lowest BCUT2D eigenvalue weighted by Crippen LogP contribution is -2.38. The van der Waals surface area contributed by atoms with Crippen molar-refractivity contribution in [1.82, 2.24) is 10.2 Å². The highest BCUT2D eigenvalue weighted by Gasteiger charge is 2.15. The summed E-state index contributed by atoms with van der Waals surface area (Å²) in [6, 6.07) is 6.26. The van der Waals surface area contributed by atoms with E-state index in [0.717, 1.165) is 6.42 Å². The first kappa shape index (κ1) is 17.2. The van der Waals surface area contributed by atoms with Gasteiger partial charge in [0.25, 0.3) is 11.8 Å². The van der Waals surface area contributed by atoms with Crippen LogP contribution >= 0.6 is 0 Å². The average Bonchev–Trinajstić information content (AvgIpc) is 2.45. The van der Waals surface area contributed by atoms with E-state index in [1.54, 1.807) is 38.4 Å². The van der Waals surface area contributed by atoms with E-state index in [9.17, 15) is 14.7 Å². The number of aliphatic hydroxyl groups excluding tert-OH is 1. The fourth-order valence-corrected chi connectivity index (χ4v) is 2.04. The fourth-order valence-electron chi connectivity index (χ4n) is 2.04. The van der Waals surface area contributed by atoms with Gasteiger partial charge in [-0.3, -0.25) is 9.59 Å². The summed E-state index contributed by atoms with van der Waals surface area (Å²) in [5.41, 5.74) is 1.02. The summed E-state index contributed by atoms with van der Waals surface area (Å²) in [5.74, 6) is 0.0519. The largest absolute Gasteiger partial charge is 0.394 e. The monoisotopic (exact) mass is 292 g/mol. The lowest BCUT2D eigenvalue weighted by Gasteiger charge is -2.18. The number of aliphatic hydroxyl groups is 1. The Morgan fingerprint density at radius 2 is 1.67 bits per heavy atom. The molecular weight excluding hydrogens is 268 g/mol. The van der Waals surface area contributed by atoms with Gasteiger partial charge in [0, 0.05) is 25.2 Å². The van der Waals surface area contributed by atoms with Crippen molar-refractivity contribution in [3.8, 4) is 0 Å². The second-order valence-corrected chi connectivity index (χ2v) is 5.76. The number of nitrogens with zero attached hydrogens (tertiary/aromatic N) is 1. The lowest BCUT2D eigenvalue weighted by molar-refractivity contribution is 0.0826. The highest BCUT2D eigenvalue weighted by atomic mass is 16.3. The van der Waals surface area contributed by atoms with Crippen LogP contribution in [0.5, 0.6) is 0 Å². The van der Waals surface area contributed by atoms with Crippen molar-refractivity contribution < 1.29 is 14.7 Å². The molecule has 0 fully saturated rings. The molecular formula is C16H24N2O3. The van der Waals surface area contributed by atoms with Crippen molar-refractivity contribution in [2.45, 2.75) is 26.3 Å². The number of carbonyl (C=O) groups is 2. The molecule has 116 valence electrons. The Morgan fingerprint density at radius 1 is 1.14 bits per heavy atom. The third kappa shape index (κ3) is 5.19. The van der Waals surface area contributed by atoms with Crippen LogP contribution in [0.25, 0.3) is 0 Å². The van der Waals surface area contributed by atoms with Gasteiger partial charge in [-0.25, -0.2) is 0 Å². The van der Waals surface area contributed by atoms with E-state index >= 15 is 0 Å². The molecule has 1 aromatic rings. The zero-order valence-electron chi connectivity index (χ0n) is 13.1. The Hall–Kier alpha value is -1.88. The molecule has 0 aromatic heterocycles. The molecule has 5 heteroatoms. The molecule has 1 rings (SSSR count). The van der Waals surface area contributed by atoms with Gasteiger partial charge in [0.1, 0.15) is 0 Å². The van der Waals surface area contributed by atoms with Crippen LogP contribution in [0.4, 0.5) is 0 Å². The molecule has 0 radical (unpaired) electrons. The molecule has 1 unspecified atom stereocenters. The van der Waals surface area contributed by atoms with E-state index in [-0.39, 0.29) is 24.5 Å². The standard InChI is InChI=1S/C16H24N2O3/c1-11(2)9-14(10-19)17-15(20)12-5-7-13(8-6-12)16(21)18(3)4/h5-8,11,14,19H,9-10H2,1-4H3,(H,17,20). The van der Waals surface area contributed by atoms with Crippen molar-refractivity contribution in [2.75, 3.05) is 20.7 Å². The molecule has 0 spiro atoms. The first-order valence-electron chi connectivity index (χ1n) is 7.08. The second-order valence-electron chi connectivity index (χ2n) is 5.76. The Balaban J connectivity index is 2.73. The number of benzene rings is 1. The molecule has 1 aromatic carbocycles. The number of carbonyl (C=O) groups excluding carboxylic acids is 2. The van der Waals surface area contributed by atoms with Gasteiger partial charge >= 0.3 is 0 Å². The predicted molar refractivity (Wildman–Crippen MR) is 82.3 cm³/mol. The summed E-state index contributed by atoms with van der Waals surface area (Å²) >= 11 is 0. The number of hydrogen-bond donors (Lipinski definition) is 2. The summed E-state index contributed by atoms with van der Waals surface area (Å²) in [5, 5.41) is 12.1. The van der Waals surface area contributed by atoms with Crippen LogP contribution in [-0.2, 0) is 0 Å². The normalized spacial score (nSPS) is 12.1. The van der Waals surface area contributed by atoms with E-state index in [0.29, 0.717) is 17.0 Å². The molecule has 0 bridgehead atoms. The van der Waals surface area contributed by atoms with Gasteiger partial charge in [-0.05, 0) is 36.6 Å². The molecule has 1 atom stereocenters. The minimum absolute atomic E-state index is 0.0822.